The van der Waals surface area contributed by atoms with Gasteiger partial charge in [-0.05, 0) is 73.1 Å². The summed E-state index contributed by atoms with van der Waals surface area (Å²) in [5.41, 5.74) is 3.95. The lowest BCUT2D eigenvalue weighted by molar-refractivity contribution is 0.669. The van der Waals surface area contributed by atoms with E-state index >= 15 is 0 Å². The highest BCUT2D eigenvalue weighted by molar-refractivity contribution is 6.22. The molecule has 0 saturated carbocycles. The smallest absolute Gasteiger partial charge is 0.136 e. The van der Waals surface area contributed by atoms with Crippen molar-refractivity contribution in [2.24, 2.45) is 0 Å². The van der Waals surface area contributed by atoms with Crippen molar-refractivity contribution in [3.05, 3.63) is 145 Å². The van der Waals surface area contributed by atoms with Crippen LogP contribution in [0.5, 0.6) is 0 Å². The predicted molar refractivity (Wildman–Crippen MR) is 165 cm³/mol. The Balaban J connectivity index is 1.48. The molecule has 0 amide bonds. The van der Waals surface area contributed by atoms with Crippen LogP contribution < -0.4 is 0 Å². The van der Waals surface area contributed by atoms with E-state index in [1.165, 1.54) is 0 Å². The molecule has 0 unspecified atom stereocenters. The first-order valence-electron chi connectivity index (χ1n) is 17.5. The predicted octanol–water partition coefficient (Wildman–Crippen LogP) is 10.9. The van der Waals surface area contributed by atoms with Gasteiger partial charge in [-0.3, -0.25) is 0 Å². The van der Waals surface area contributed by atoms with E-state index in [-0.39, 0.29) is 35.3 Å². The van der Waals surface area contributed by atoms with Gasteiger partial charge in [-0.1, -0.05) is 127 Å². The Morgan fingerprint density at radius 3 is 1.62 bits per heavy atom. The summed E-state index contributed by atoms with van der Waals surface area (Å²) in [5.74, 6) is 0. The standard InChI is InChI=1S/C38H24O/c1-3-12-25(13-4-1)28-20-11-21-35-38(28)33-24-27(22-23-34(33)39-35)37-31-18-9-7-16-29(31)36(26-14-5-2-6-15-26)30-17-8-10-19-32(30)37/h1-24H/i1D,2D,3D,4D,5D,6D,12D,13D,14D,15D. The van der Waals surface area contributed by atoms with E-state index in [2.05, 4.69) is 0 Å². The van der Waals surface area contributed by atoms with Gasteiger partial charge in [-0.15, -0.1) is 0 Å². The van der Waals surface area contributed by atoms with Crippen molar-refractivity contribution < 1.29 is 18.1 Å². The lowest BCUT2D eigenvalue weighted by atomic mass is 9.85. The summed E-state index contributed by atoms with van der Waals surface area (Å²) in [7, 11) is 0. The van der Waals surface area contributed by atoms with Gasteiger partial charge in [0.05, 0.1) is 13.7 Å². The summed E-state index contributed by atoms with van der Waals surface area (Å²) in [6.45, 7) is 0. The van der Waals surface area contributed by atoms with Crippen LogP contribution in [0.4, 0.5) is 0 Å². The van der Waals surface area contributed by atoms with Gasteiger partial charge in [0.25, 0.3) is 0 Å². The van der Waals surface area contributed by atoms with E-state index in [0.29, 0.717) is 43.8 Å². The van der Waals surface area contributed by atoms with Crippen molar-refractivity contribution in [3.63, 3.8) is 0 Å². The van der Waals surface area contributed by atoms with Crippen LogP contribution in [0.3, 0.4) is 0 Å². The molecular weight excluding hydrogens is 472 g/mol. The summed E-state index contributed by atoms with van der Waals surface area (Å²) < 4.78 is 90.7. The van der Waals surface area contributed by atoms with Gasteiger partial charge in [0, 0.05) is 10.8 Å². The van der Waals surface area contributed by atoms with Crippen molar-refractivity contribution >= 4 is 43.5 Å². The van der Waals surface area contributed by atoms with Gasteiger partial charge < -0.3 is 4.42 Å². The van der Waals surface area contributed by atoms with E-state index in [1.54, 1.807) is 18.2 Å². The van der Waals surface area contributed by atoms with Crippen LogP contribution in [0.25, 0.3) is 76.9 Å². The molecule has 0 aliphatic heterocycles. The molecule has 39 heavy (non-hydrogen) atoms. The molecule has 0 aliphatic rings. The molecule has 0 aliphatic carbocycles. The van der Waals surface area contributed by atoms with E-state index < -0.39 is 36.3 Å². The molecular formula is C38H24O. The normalized spacial score (nSPS) is 15.2. The Bertz CT molecular complexity index is 2620. The summed E-state index contributed by atoms with van der Waals surface area (Å²) in [6, 6.07) is 22.5. The zero-order valence-electron chi connectivity index (χ0n) is 30.5. The van der Waals surface area contributed by atoms with Crippen LogP contribution in [0.1, 0.15) is 13.7 Å². The molecule has 1 nitrogen and oxygen atoms in total. The summed E-state index contributed by atoms with van der Waals surface area (Å²) in [6.07, 6.45) is 0. The third kappa shape index (κ3) is 3.41. The number of benzene rings is 7. The van der Waals surface area contributed by atoms with E-state index in [4.69, 9.17) is 18.1 Å². The number of hydrogen-bond donors (Lipinski definition) is 0. The number of rotatable bonds is 3. The first-order valence-corrected chi connectivity index (χ1v) is 12.5. The maximum absolute atomic E-state index is 8.81. The fourth-order valence-corrected chi connectivity index (χ4v) is 5.66. The average molecular weight is 507 g/mol. The number of fused-ring (bicyclic) bond motifs is 5. The molecule has 182 valence electrons. The summed E-state index contributed by atoms with van der Waals surface area (Å²) in [5, 5.41) is 4.35. The minimum absolute atomic E-state index is 0.0866. The Morgan fingerprint density at radius 1 is 0.436 bits per heavy atom. The van der Waals surface area contributed by atoms with Crippen LogP contribution in [-0.4, -0.2) is 0 Å². The molecule has 1 aromatic heterocycles. The molecule has 0 atom stereocenters. The molecule has 0 radical (unpaired) electrons. The first-order chi connectivity index (χ1) is 23.5. The first kappa shape index (κ1) is 14.1. The molecule has 8 aromatic rings. The second kappa shape index (κ2) is 8.72. The van der Waals surface area contributed by atoms with Crippen molar-refractivity contribution in [2.75, 3.05) is 0 Å². The molecule has 0 saturated heterocycles. The average Bonchev–Trinajstić information content (AvgIpc) is 3.50. The molecule has 8 rings (SSSR count). The summed E-state index contributed by atoms with van der Waals surface area (Å²) in [4.78, 5) is 0. The maximum Gasteiger partial charge on any atom is 0.136 e. The van der Waals surface area contributed by atoms with Crippen molar-refractivity contribution in [1.82, 2.24) is 0 Å². The van der Waals surface area contributed by atoms with Gasteiger partial charge in [-0.25, -0.2) is 0 Å². The molecule has 0 bridgehead atoms. The van der Waals surface area contributed by atoms with E-state index in [9.17, 15) is 0 Å². The SMILES string of the molecule is [2H]c1c([2H])c([2H])c(-c2c3ccccc3c(-c3ccc4oc5cccc(-c6c([2H])c([2H])c([2H])c([2H])c6[2H])c5c4c3)c3ccccc23)c([2H])c1[2H]. The Hall–Kier alpha value is -5.14. The largest absolute Gasteiger partial charge is 0.456 e. The monoisotopic (exact) mass is 506 g/mol. The van der Waals surface area contributed by atoms with E-state index in [0.717, 1.165) is 21.9 Å². The Labute approximate surface area is 240 Å². The fourth-order valence-electron chi connectivity index (χ4n) is 5.66. The molecule has 7 aromatic carbocycles. The Morgan fingerprint density at radius 2 is 1.00 bits per heavy atom. The molecule has 1 heteroatoms. The van der Waals surface area contributed by atoms with Crippen molar-refractivity contribution in [2.45, 2.75) is 0 Å². The zero-order chi connectivity index (χ0) is 34.5. The highest BCUT2D eigenvalue weighted by atomic mass is 16.3. The molecule has 0 spiro atoms. The fraction of sp³-hybridized carbons (Fsp3) is 0. The minimum Gasteiger partial charge on any atom is -0.456 e. The van der Waals surface area contributed by atoms with Gasteiger partial charge in [0.2, 0.25) is 0 Å². The van der Waals surface area contributed by atoms with Crippen molar-refractivity contribution in [3.8, 4) is 33.4 Å². The molecule has 0 N–H and O–H groups in total. The second-order valence-corrected chi connectivity index (χ2v) is 9.33. The van der Waals surface area contributed by atoms with Crippen LogP contribution in [0.15, 0.2) is 150 Å². The Kier molecular flexibility index (Phi) is 3.16. The summed E-state index contributed by atoms with van der Waals surface area (Å²) >= 11 is 0. The lowest BCUT2D eigenvalue weighted by Crippen LogP contribution is -1.90. The highest BCUT2D eigenvalue weighted by Gasteiger charge is 2.18. The molecule has 0 fully saturated rings. The zero-order valence-corrected chi connectivity index (χ0v) is 20.5. The minimum atomic E-state index is -0.462. The third-order valence-corrected chi connectivity index (χ3v) is 7.23. The maximum atomic E-state index is 8.81. The van der Waals surface area contributed by atoms with Gasteiger partial charge >= 0.3 is 0 Å². The lowest BCUT2D eigenvalue weighted by Gasteiger charge is -2.17. The quantitative estimate of drug-likeness (QED) is 0.217. The second-order valence-electron chi connectivity index (χ2n) is 9.33. The number of hydrogen-bond acceptors (Lipinski definition) is 1. The van der Waals surface area contributed by atoms with Crippen molar-refractivity contribution in [1.29, 1.82) is 0 Å². The topological polar surface area (TPSA) is 13.1 Å². The van der Waals surface area contributed by atoms with Crippen LogP contribution >= 0.6 is 0 Å². The highest BCUT2D eigenvalue weighted by Crippen LogP contribution is 2.45. The van der Waals surface area contributed by atoms with Crippen LogP contribution in [-0.2, 0) is 0 Å². The third-order valence-electron chi connectivity index (χ3n) is 7.23. The van der Waals surface area contributed by atoms with E-state index in [1.807, 2.05) is 66.7 Å². The number of furan rings is 1. The van der Waals surface area contributed by atoms with Gasteiger partial charge in [0.15, 0.2) is 0 Å². The van der Waals surface area contributed by atoms with Gasteiger partial charge in [0.1, 0.15) is 11.2 Å². The van der Waals surface area contributed by atoms with Crippen LogP contribution in [0.2, 0.25) is 0 Å². The molecule has 1 heterocycles. The van der Waals surface area contributed by atoms with Crippen LogP contribution in [0, 0.1) is 0 Å². The van der Waals surface area contributed by atoms with Gasteiger partial charge in [-0.2, -0.15) is 0 Å².